The van der Waals surface area contributed by atoms with Crippen LogP contribution in [0, 0.1) is 5.92 Å². The van der Waals surface area contributed by atoms with Gasteiger partial charge in [0.1, 0.15) is 5.72 Å². The maximum atomic E-state index is 5.27. The Bertz CT molecular complexity index is 107. The van der Waals surface area contributed by atoms with Crippen molar-refractivity contribution >= 4 is 12.0 Å². The van der Waals surface area contributed by atoms with E-state index in [2.05, 4.69) is 12.2 Å². The molecule has 0 amide bonds. The topological polar surface area (TPSA) is 21.3 Å². The summed E-state index contributed by atoms with van der Waals surface area (Å²) in [6, 6.07) is 0. The first kappa shape index (κ1) is 5.09. The minimum atomic E-state index is 0.116. The summed E-state index contributed by atoms with van der Waals surface area (Å²) in [4.78, 5) is 0. The lowest BCUT2D eigenvalue weighted by Crippen LogP contribution is -2.70. The molecule has 3 heteroatoms. The number of rotatable bonds is 0. The normalized spacial score (nSPS) is 52.9. The first-order chi connectivity index (χ1) is 3.83. The predicted molar refractivity (Wildman–Crippen MR) is 33.4 cm³/mol. The zero-order valence-electron chi connectivity index (χ0n) is 4.81. The smallest absolute Gasteiger partial charge is 0.148 e. The molecule has 2 aliphatic rings. The highest BCUT2D eigenvalue weighted by atomic mass is 32.2. The van der Waals surface area contributed by atoms with Gasteiger partial charge in [0.25, 0.3) is 0 Å². The summed E-state index contributed by atoms with van der Waals surface area (Å²) >= 11 is 1.56. The fourth-order valence-corrected chi connectivity index (χ4v) is 2.01. The van der Waals surface area contributed by atoms with Crippen molar-refractivity contribution in [3.05, 3.63) is 0 Å². The largest absolute Gasteiger partial charge is 0.292 e. The third kappa shape index (κ3) is 0.424. The molecule has 2 nitrogen and oxygen atoms in total. The van der Waals surface area contributed by atoms with Crippen LogP contribution in [0.1, 0.15) is 6.92 Å². The second-order valence-corrected chi connectivity index (χ2v) is 3.21. The second kappa shape index (κ2) is 1.40. The van der Waals surface area contributed by atoms with Gasteiger partial charge < -0.3 is 0 Å². The van der Waals surface area contributed by atoms with Crippen LogP contribution in [0.5, 0.6) is 0 Å². The summed E-state index contributed by atoms with van der Waals surface area (Å²) in [5, 5.41) is 3.27. The monoisotopic (exact) mass is 131 g/mol. The number of nitrogens with one attached hydrogen (secondary N) is 1. The molecule has 0 aliphatic carbocycles. The van der Waals surface area contributed by atoms with Crippen LogP contribution in [0.25, 0.3) is 0 Å². The van der Waals surface area contributed by atoms with E-state index in [-0.39, 0.29) is 5.72 Å². The van der Waals surface area contributed by atoms with Crippen molar-refractivity contribution in [1.29, 1.82) is 0 Å². The molecular formula is C5H9NOS. The predicted octanol–water partition coefficient (Wildman–Crippen LogP) is 0.600. The van der Waals surface area contributed by atoms with Crippen LogP contribution < -0.4 is 5.32 Å². The zero-order chi connectivity index (χ0) is 5.61. The Morgan fingerprint density at radius 2 is 2.62 bits per heavy atom. The van der Waals surface area contributed by atoms with Crippen molar-refractivity contribution in [3.8, 4) is 0 Å². The molecule has 0 aromatic rings. The maximum Gasteiger partial charge on any atom is 0.148 e. The van der Waals surface area contributed by atoms with Crippen LogP contribution in [-0.4, -0.2) is 18.0 Å². The SMILES string of the molecule is CC1CNC12CSO2. The van der Waals surface area contributed by atoms with Crippen LogP contribution in [0.3, 0.4) is 0 Å². The minimum absolute atomic E-state index is 0.116. The van der Waals surface area contributed by atoms with Crippen molar-refractivity contribution in [2.24, 2.45) is 5.92 Å². The van der Waals surface area contributed by atoms with Crippen molar-refractivity contribution < 1.29 is 4.18 Å². The lowest BCUT2D eigenvalue weighted by Gasteiger charge is -2.53. The van der Waals surface area contributed by atoms with Gasteiger partial charge in [0.15, 0.2) is 0 Å². The first-order valence-corrected chi connectivity index (χ1v) is 3.80. The Kier molecular flexibility index (Phi) is 0.892. The third-order valence-electron chi connectivity index (χ3n) is 1.98. The van der Waals surface area contributed by atoms with E-state index < -0.39 is 0 Å². The zero-order valence-corrected chi connectivity index (χ0v) is 5.62. The molecule has 2 atom stereocenters. The van der Waals surface area contributed by atoms with E-state index >= 15 is 0 Å². The Morgan fingerprint density at radius 3 is 2.62 bits per heavy atom. The molecule has 2 rings (SSSR count). The highest BCUT2D eigenvalue weighted by Crippen LogP contribution is 2.42. The van der Waals surface area contributed by atoms with Gasteiger partial charge in [0.2, 0.25) is 0 Å². The van der Waals surface area contributed by atoms with Gasteiger partial charge in [-0.15, -0.1) is 0 Å². The van der Waals surface area contributed by atoms with Crippen molar-refractivity contribution in [2.45, 2.75) is 12.6 Å². The van der Waals surface area contributed by atoms with E-state index in [1.807, 2.05) is 0 Å². The van der Waals surface area contributed by atoms with Gasteiger partial charge in [0.05, 0.1) is 5.75 Å². The Hall–Kier alpha value is 0.270. The summed E-state index contributed by atoms with van der Waals surface area (Å²) in [7, 11) is 0. The van der Waals surface area contributed by atoms with Gasteiger partial charge in [-0.25, -0.2) is 0 Å². The summed E-state index contributed by atoms with van der Waals surface area (Å²) in [6.45, 7) is 3.34. The molecule has 2 heterocycles. The van der Waals surface area contributed by atoms with Crippen LogP contribution in [0.2, 0.25) is 0 Å². The molecule has 8 heavy (non-hydrogen) atoms. The van der Waals surface area contributed by atoms with Crippen molar-refractivity contribution in [1.82, 2.24) is 5.32 Å². The van der Waals surface area contributed by atoms with Gasteiger partial charge in [0, 0.05) is 12.5 Å². The molecule has 1 spiro atoms. The quantitative estimate of drug-likeness (QED) is 0.486. The van der Waals surface area contributed by atoms with E-state index in [9.17, 15) is 0 Å². The average Bonchev–Trinajstić information content (AvgIpc) is 1.58. The summed E-state index contributed by atoms with van der Waals surface area (Å²) < 4.78 is 5.27. The van der Waals surface area contributed by atoms with Gasteiger partial charge in [-0.1, -0.05) is 6.92 Å². The Morgan fingerprint density at radius 1 is 1.88 bits per heavy atom. The molecule has 0 bridgehead atoms. The lowest BCUT2D eigenvalue weighted by molar-refractivity contribution is -0.0720. The number of hydrogen-bond donors (Lipinski definition) is 1. The first-order valence-electron chi connectivity index (χ1n) is 2.89. The molecule has 1 N–H and O–H groups in total. The second-order valence-electron chi connectivity index (χ2n) is 2.52. The minimum Gasteiger partial charge on any atom is -0.292 e. The fraction of sp³-hybridized carbons (Fsp3) is 1.00. The van der Waals surface area contributed by atoms with E-state index in [0.29, 0.717) is 0 Å². The molecule has 2 saturated heterocycles. The van der Waals surface area contributed by atoms with Crippen LogP contribution >= 0.6 is 12.0 Å². The molecular weight excluding hydrogens is 122 g/mol. The molecule has 0 radical (unpaired) electrons. The Labute approximate surface area is 53.2 Å². The van der Waals surface area contributed by atoms with Crippen molar-refractivity contribution in [2.75, 3.05) is 12.3 Å². The fourth-order valence-electron chi connectivity index (χ4n) is 1.02. The molecule has 2 aliphatic heterocycles. The highest BCUT2D eigenvalue weighted by Gasteiger charge is 2.51. The van der Waals surface area contributed by atoms with Gasteiger partial charge in [-0.2, -0.15) is 0 Å². The average molecular weight is 131 g/mol. The van der Waals surface area contributed by atoms with Gasteiger partial charge in [-0.3, -0.25) is 9.50 Å². The molecule has 2 unspecified atom stereocenters. The van der Waals surface area contributed by atoms with Crippen LogP contribution in [0.15, 0.2) is 0 Å². The van der Waals surface area contributed by atoms with Crippen LogP contribution in [-0.2, 0) is 4.18 Å². The highest BCUT2D eigenvalue weighted by molar-refractivity contribution is 7.95. The van der Waals surface area contributed by atoms with E-state index in [0.717, 1.165) is 18.2 Å². The lowest BCUT2D eigenvalue weighted by atomic mass is 9.91. The molecule has 2 fully saturated rings. The summed E-state index contributed by atoms with van der Waals surface area (Å²) in [5.74, 6) is 1.86. The molecule has 46 valence electrons. The maximum absolute atomic E-state index is 5.27. The molecule has 0 aromatic heterocycles. The third-order valence-corrected chi connectivity index (χ3v) is 2.95. The van der Waals surface area contributed by atoms with Gasteiger partial charge in [-0.05, 0) is 12.0 Å². The van der Waals surface area contributed by atoms with E-state index in [1.165, 1.54) is 0 Å². The summed E-state index contributed by atoms with van der Waals surface area (Å²) in [6.07, 6.45) is 0. The standard InChI is InChI=1S/C5H9NOS/c1-4-2-6-5(4)3-8-7-5/h4,6H,2-3H2,1H3. The van der Waals surface area contributed by atoms with E-state index in [1.54, 1.807) is 12.0 Å². The molecule has 0 saturated carbocycles. The van der Waals surface area contributed by atoms with Gasteiger partial charge >= 0.3 is 0 Å². The Balaban J connectivity index is 2.03. The van der Waals surface area contributed by atoms with Crippen LogP contribution in [0.4, 0.5) is 0 Å². The summed E-state index contributed by atoms with van der Waals surface area (Å²) in [5.41, 5.74) is 0.116. The number of hydrogen-bond acceptors (Lipinski definition) is 3. The van der Waals surface area contributed by atoms with Crippen molar-refractivity contribution in [3.63, 3.8) is 0 Å². The van der Waals surface area contributed by atoms with E-state index in [4.69, 9.17) is 4.18 Å². The molecule has 0 aromatic carbocycles.